The van der Waals surface area contributed by atoms with Gasteiger partial charge in [0, 0.05) is 55.9 Å². The van der Waals surface area contributed by atoms with Crippen LogP contribution in [0.25, 0.3) is 0 Å². The van der Waals surface area contributed by atoms with Crippen LogP contribution in [0.1, 0.15) is 22.3 Å². The molecule has 0 aliphatic carbocycles. The lowest BCUT2D eigenvalue weighted by atomic mass is 9.83. The van der Waals surface area contributed by atoms with Gasteiger partial charge in [-0.1, -0.05) is 41.9 Å². The molecule has 5 rings (SSSR count). The minimum absolute atomic E-state index is 0.0661. The number of aliphatic hydroxyl groups excluding tert-OH is 1. The third-order valence-electron chi connectivity index (χ3n) is 6.56. The Morgan fingerprint density at radius 2 is 1.86 bits per heavy atom. The van der Waals surface area contributed by atoms with E-state index in [0.717, 1.165) is 43.2 Å². The van der Waals surface area contributed by atoms with Crippen molar-refractivity contribution < 1.29 is 9.90 Å². The highest BCUT2D eigenvalue weighted by molar-refractivity contribution is 6.30. The lowest BCUT2D eigenvalue weighted by molar-refractivity contribution is -0.108. The van der Waals surface area contributed by atoms with Gasteiger partial charge in [-0.15, -0.1) is 0 Å². The van der Waals surface area contributed by atoms with E-state index in [1.165, 1.54) is 5.56 Å². The first-order valence-corrected chi connectivity index (χ1v) is 10.7. The highest BCUT2D eigenvalue weighted by Crippen LogP contribution is 2.39. The van der Waals surface area contributed by atoms with Crippen molar-refractivity contribution >= 4 is 17.5 Å². The van der Waals surface area contributed by atoms with Crippen LogP contribution in [0, 0.1) is 0 Å². The molecular weight excluding hydrogens is 386 g/mol. The Morgan fingerprint density at radius 1 is 1.07 bits per heavy atom. The van der Waals surface area contributed by atoms with Crippen LogP contribution in [0.15, 0.2) is 54.6 Å². The number of fused-ring (bicyclic) bond motifs is 2. The minimum atomic E-state index is -0.300. The lowest BCUT2D eigenvalue weighted by Crippen LogP contribution is -2.78. The molecule has 3 fully saturated rings. The molecule has 0 aromatic heterocycles. The number of carbonyl (C=O) groups excluding carboxylic acids is 1. The third kappa shape index (κ3) is 3.57. The largest absolute Gasteiger partial charge is 0.392 e. The fourth-order valence-electron chi connectivity index (χ4n) is 5.40. The maximum absolute atomic E-state index is 13.1. The smallest absolute Gasteiger partial charge is 0.253 e. The molecule has 3 aliphatic rings. The van der Waals surface area contributed by atoms with Crippen LogP contribution in [-0.4, -0.2) is 76.1 Å². The van der Waals surface area contributed by atoms with Gasteiger partial charge in [-0.2, -0.15) is 0 Å². The van der Waals surface area contributed by atoms with Crippen molar-refractivity contribution in [2.45, 2.75) is 30.7 Å². The van der Waals surface area contributed by atoms with Gasteiger partial charge >= 0.3 is 0 Å². The minimum Gasteiger partial charge on any atom is -0.392 e. The summed E-state index contributed by atoms with van der Waals surface area (Å²) in [5, 5.41) is 11.1. The number of likely N-dealkylation sites (tertiary alicyclic amines) is 1. The predicted octanol–water partition coefficient (Wildman–Crippen LogP) is 2.49. The quantitative estimate of drug-likeness (QED) is 0.843. The second-order valence-electron chi connectivity index (χ2n) is 8.75. The summed E-state index contributed by atoms with van der Waals surface area (Å²) in [6, 6.07) is 17.8. The number of rotatable bonds is 3. The van der Waals surface area contributed by atoms with Crippen molar-refractivity contribution in [2.24, 2.45) is 0 Å². The zero-order chi connectivity index (χ0) is 20.0. The number of hydrogen-bond acceptors (Lipinski definition) is 4. The number of amides is 1. The van der Waals surface area contributed by atoms with Gasteiger partial charge in [0.1, 0.15) is 0 Å². The van der Waals surface area contributed by atoms with Crippen LogP contribution in [0.5, 0.6) is 0 Å². The maximum atomic E-state index is 13.1. The van der Waals surface area contributed by atoms with Crippen LogP contribution in [0.3, 0.4) is 0 Å². The van der Waals surface area contributed by atoms with Crippen LogP contribution < -0.4 is 0 Å². The van der Waals surface area contributed by atoms with E-state index in [9.17, 15) is 9.90 Å². The van der Waals surface area contributed by atoms with Crippen molar-refractivity contribution in [3.8, 4) is 0 Å². The Hall–Kier alpha value is -1.92. The Kier molecular flexibility index (Phi) is 4.87. The number of aliphatic hydroxyl groups is 1. The molecule has 0 unspecified atom stereocenters. The molecule has 6 heteroatoms. The van der Waals surface area contributed by atoms with E-state index in [-0.39, 0.29) is 23.6 Å². The summed E-state index contributed by atoms with van der Waals surface area (Å²) in [6.07, 6.45) is 0.444. The van der Waals surface area contributed by atoms with Crippen LogP contribution >= 0.6 is 11.6 Å². The molecular formula is C23H26ClN3O2. The molecule has 0 bridgehead atoms. The summed E-state index contributed by atoms with van der Waals surface area (Å²) in [4.78, 5) is 20.0. The van der Waals surface area contributed by atoms with Gasteiger partial charge in [-0.25, -0.2) is 0 Å². The fourth-order valence-corrected chi connectivity index (χ4v) is 5.62. The predicted molar refractivity (Wildman–Crippen MR) is 113 cm³/mol. The number of piperazine rings is 1. The van der Waals surface area contributed by atoms with E-state index >= 15 is 0 Å². The SMILES string of the molecule is O=C(c1ccccc1)N1C[C@@H]2C[C@@H](O)CN2C2(CN(Cc3cccc(Cl)c3)C2)C1. The highest BCUT2D eigenvalue weighted by atomic mass is 35.5. The second kappa shape index (κ2) is 7.40. The molecule has 2 aromatic rings. The van der Waals surface area contributed by atoms with Crippen molar-refractivity contribution in [1.82, 2.24) is 14.7 Å². The molecule has 3 saturated heterocycles. The van der Waals surface area contributed by atoms with Crippen LogP contribution in [0.4, 0.5) is 0 Å². The monoisotopic (exact) mass is 411 g/mol. The molecule has 3 heterocycles. The zero-order valence-electron chi connectivity index (χ0n) is 16.4. The van der Waals surface area contributed by atoms with Gasteiger partial charge in [0.25, 0.3) is 5.91 Å². The highest BCUT2D eigenvalue weighted by Gasteiger charge is 2.56. The molecule has 1 N–H and O–H groups in total. The van der Waals surface area contributed by atoms with Gasteiger partial charge < -0.3 is 10.0 Å². The Morgan fingerprint density at radius 3 is 2.62 bits per heavy atom. The standard InChI is InChI=1S/C23H26ClN3O2/c24-19-8-4-5-17(9-19)11-25-14-23(15-25)16-26(12-20-10-21(28)13-27(20)23)22(29)18-6-2-1-3-7-18/h1-9,20-21,28H,10-16H2/t20-,21+/m0/s1. The van der Waals surface area contributed by atoms with Gasteiger partial charge in [0.2, 0.25) is 0 Å². The first-order chi connectivity index (χ1) is 14.0. The summed E-state index contributed by atoms with van der Waals surface area (Å²) >= 11 is 6.13. The molecule has 1 amide bonds. The van der Waals surface area contributed by atoms with Crippen molar-refractivity contribution in [3.05, 3.63) is 70.7 Å². The third-order valence-corrected chi connectivity index (χ3v) is 6.79. The van der Waals surface area contributed by atoms with Gasteiger partial charge in [0.05, 0.1) is 11.6 Å². The number of β-amino-alcohol motifs (C(OH)–C–C–N with tert-alkyl or cyclic N) is 1. The van der Waals surface area contributed by atoms with E-state index in [1.807, 2.05) is 53.4 Å². The molecule has 3 aliphatic heterocycles. The first kappa shape index (κ1) is 19.1. The molecule has 1 spiro atoms. The molecule has 0 radical (unpaired) electrons. The van der Waals surface area contributed by atoms with E-state index in [1.54, 1.807) is 0 Å². The van der Waals surface area contributed by atoms with E-state index < -0.39 is 0 Å². The number of halogens is 1. The fraction of sp³-hybridized carbons (Fsp3) is 0.435. The summed E-state index contributed by atoms with van der Waals surface area (Å²) in [5.41, 5.74) is 1.88. The maximum Gasteiger partial charge on any atom is 0.253 e. The Balaban J connectivity index is 1.33. The van der Waals surface area contributed by atoms with Crippen LogP contribution in [-0.2, 0) is 6.54 Å². The van der Waals surface area contributed by atoms with E-state index in [2.05, 4.69) is 15.9 Å². The molecule has 0 saturated carbocycles. The lowest BCUT2D eigenvalue weighted by Gasteiger charge is -2.61. The summed E-state index contributed by atoms with van der Waals surface area (Å²) in [5.74, 6) is 0.0966. The Bertz CT molecular complexity index is 900. The molecule has 152 valence electrons. The molecule has 5 nitrogen and oxygen atoms in total. The molecule has 29 heavy (non-hydrogen) atoms. The van der Waals surface area contributed by atoms with E-state index in [0.29, 0.717) is 13.1 Å². The van der Waals surface area contributed by atoms with Gasteiger partial charge in [-0.05, 0) is 36.2 Å². The Labute approximate surface area is 176 Å². The number of carbonyl (C=O) groups is 1. The number of nitrogens with zero attached hydrogens (tertiary/aromatic N) is 3. The van der Waals surface area contributed by atoms with Gasteiger partial charge in [-0.3, -0.25) is 14.6 Å². The average Bonchev–Trinajstić information content (AvgIpc) is 3.07. The molecule has 2 aromatic carbocycles. The normalized spacial score (nSPS) is 26.3. The summed E-state index contributed by atoms with van der Waals surface area (Å²) in [7, 11) is 0. The van der Waals surface area contributed by atoms with Crippen molar-refractivity contribution in [1.29, 1.82) is 0 Å². The number of benzene rings is 2. The summed E-state index contributed by atoms with van der Waals surface area (Å²) in [6.45, 7) is 4.79. The van der Waals surface area contributed by atoms with Crippen molar-refractivity contribution in [2.75, 3.05) is 32.7 Å². The van der Waals surface area contributed by atoms with Gasteiger partial charge in [0.15, 0.2) is 0 Å². The van der Waals surface area contributed by atoms with Crippen molar-refractivity contribution in [3.63, 3.8) is 0 Å². The molecule has 2 atom stereocenters. The van der Waals surface area contributed by atoms with Crippen LogP contribution in [0.2, 0.25) is 5.02 Å². The second-order valence-corrected chi connectivity index (χ2v) is 9.18. The van der Waals surface area contributed by atoms with E-state index in [4.69, 9.17) is 11.6 Å². The summed E-state index contributed by atoms with van der Waals surface area (Å²) < 4.78 is 0. The zero-order valence-corrected chi connectivity index (χ0v) is 17.1. The number of hydrogen-bond donors (Lipinski definition) is 1. The first-order valence-electron chi connectivity index (χ1n) is 10.3. The topological polar surface area (TPSA) is 47.0 Å². The average molecular weight is 412 g/mol.